The highest BCUT2D eigenvalue weighted by Gasteiger charge is 2.25. The summed E-state index contributed by atoms with van der Waals surface area (Å²) in [7, 11) is 0. The molecule has 1 amide bonds. The molecule has 1 aliphatic heterocycles. The van der Waals surface area contributed by atoms with Crippen molar-refractivity contribution < 1.29 is 4.79 Å². The molecule has 0 unspecified atom stereocenters. The number of aromatic amines is 1. The number of benzene rings is 1. The highest BCUT2D eigenvalue weighted by molar-refractivity contribution is 6.06. The zero-order chi connectivity index (χ0) is 16.7. The van der Waals surface area contributed by atoms with Gasteiger partial charge in [0, 0.05) is 41.8 Å². The minimum absolute atomic E-state index is 0.0716. The van der Waals surface area contributed by atoms with Crippen LogP contribution in [-0.4, -0.2) is 32.5 Å². The molecule has 0 aliphatic carbocycles. The second-order valence-corrected chi connectivity index (χ2v) is 6.62. The van der Waals surface area contributed by atoms with Crippen molar-refractivity contribution in [3.8, 4) is 0 Å². The quantitative estimate of drug-likeness (QED) is 0.788. The third kappa shape index (κ3) is 2.46. The fourth-order valence-corrected chi connectivity index (χ4v) is 3.23. The molecule has 0 radical (unpaired) electrons. The predicted octanol–water partition coefficient (Wildman–Crippen LogP) is 3.28. The molecule has 0 saturated heterocycles. The minimum Gasteiger partial charge on any atom is -0.334 e. The van der Waals surface area contributed by atoms with Crippen LogP contribution in [0.1, 0.15) is 47.1 Å². The monoisotopic (exact) mass is 320 g/mol. The Labute approximate surface area is 140 Å². The fraction of sp³-hybridized carbons (Fsp3) is 0.316. The topological polar surface area (TPSA) is 61.9 Å². The van der Waals surface area contributed by atoms with Crippen molar-refractivity contribution in [3.63, 3.8) is 0 Å². The fourth-order valence-electron chi connectivity index (χ4n) is 3.23. The maximum absolute atomic E-state index is 13.2. The van der Waals surface area contributed by atoms with Crippen LogP contribution in [0.3, 0.4) is 0 Å². The van der Waals surface area contributed by atoms with Gasteiger partial charge in [-0.15, -0.1) is 0 Å². The van der Waals surface area contributed by atoms with Crippen LogP contribution in [0, 0.1) is 0 Å². The van der Waals surface area contributed by atoms with E-state index in [-0.39, 0.29) is 11.8 Å². The number of rotatable bonds is 2. The molecule has 5 heteroatoms. The van der Waals surface area contributed by atoms with Crippen LogP contribution in [0.5, 0.6) is 0 Å². The lowest BCUT2D eigenvalue weighted by Crippen LogP contribution is -2.36. The van der Waals surface area contributed by atoms with Gasteiger partial charge in [-0.1, -0.05) is 32.0 Å². The van der Waals surface area contributed by atoms with Gasteiger partial charge in [0.25, 0.3) is 5.91 Å². The number of hydrogen-bond acceptors (Lipinski definition) is 3. The Bertz CT molecular complexity index is 913. The van der Waals surface area contributed by atoms with Gasteiger partial charge in [0.2, 0.25) is 0 Å². The number of fused-ring (bicyclic) bond motifs is 2. The summed E-state index contributed by atoms with van der Waals surface area (Å²) < 4.78 is 0. The van der Waals surface area contributed by atoms with Gasteiger partial charge >= 0.3 is 0 Å². The molecule has 3 aromatic rings. The van der Waals surface area contributed by atoms with Gasteiger partial charge in [-0.2, -0.15) is 5.10 Å². The minimum atomic E-state index is 0.0716. The molecule has 1 N–H and O–H groups in total. The Morgan fingerprint density at radius 2 is 2.12 bits per heavy atom. The molecule has 0 atom stereocenters. The van der Waals surface area contributed by atoms with E-state index in [9.17, 15) is 4.79 Å². The molecule has 2 aromatic heterocycles. The first-order chi connectivity index (χ1) is 11.6. The number of amides is 1. The van der Waals surface area contributed by atoms with E-state index in [1.54, 1.807) is 0 Å². The highest BCUT2D eigenvalue weighted by atomic mass is 16.2. The number of para-hydroxylation sites is 1. The summed E-state index contributed by atoms with van der Waals surface area (Å²) in [5, 5.41) is 8.02. The zero-order valence-corrected chi connectivity index (χ0v) is 13.9. The third-order valence-corrected chi connectivity index (χ3v) is 4.65. The van der Waals surface area contributed by atoms with Crippen LogP contribution in [0.15, 0.2) is 36.5 Å². The first-order valence-corrected chi connectivity index (χ1v) is 8.33. The zero-order valence-electron chi connectivity index (χ0n) is 13.9. The number of nitrogens with zero attached hydrogens (tertiary/aromatic N) is 3. The Hall–Kier alpha value is -2.69. The summed E-state index contributed by atoms with van der Waals surface area (Å²) in [4.78, 5) is 19.8. The van der Waals surface area contributed by atoms with Crippen molar-refractivity contribution in [1.29, 1.82) is 0 Å². The van der Waals surface area contributed by atoms with E-state index in [1.807, 2.05) is 41.4 Å². The largest absolute Gasteiger partial charge is 0.334 e. The predicted molar refractivity (Wildman–Crippen MR) is 92.9 cm³/mol. The second-order valence-electron chi connectivity index (χ2n) is 6.62. The number of nitrogens with one attached hydrogen (secondary N) is 1. The van der Waals surface area contributed by atoms with E-state index < -0.39 is 0 Å². The highest BCUT2D eigenvalue weighted by Crippen LogP contribution is 2.25. The molecule has 3 heterocycles. The Kier molecular flexibility index (Phi) is 3.56. The van der Waals surface area contributed by atoms with Gasteiger partial charge in [0.1, 0.15) is 0 Å². The summed E-state index contributed by atoms with van der Waals surface area (Å²) in [6.45, 7) is 5.52. The Balaban J connectivity index is 1.77. The van der Waals surface area contributed by atoms with Crippen molar-refractivity contribution in [1.82, 2.24) is 20.1 Å². The molecule has 5 nitrogen and oxygen atoms in total. The molecule has 1 aliphatic rings. The van der Waals surface area contributed by atoms with Crippen LogP contribution < -0.4 is 0 Å². The van der Waals surface area contributed by atoms with E-state index in [4.69, 9.17) is 4.98 Å². The Morgan fingerprint density at radius 1 is 1.29 bits per heavy atom. The molecule has 0 fully saturated rings. The standard InChI is InChI=1S/C19H20N4O/c1-12(2)18-9-15(14-5-3-4-6-17(14)21-18)19(24)23-8-7-16-13(11-23)10-20-22-16/h3-6,9-10,12H,7-8,11H2,1-2H3,(H,20,22). The SMILES string of the molecule is CC(C)c1cc(C(=O)N2CCc3[nH]ncc3C2)c2ccccc2n1. The normalized spacial score (nSPS) is 14.2. The Morgan fingerprint density at radius 3 is 2.96 bits per heavy atom. The van der Waals surface area contributed by atoms with Crippen molar-refractivity contribution in [2.45, 2.75) is 32.7 Å². The molecule has 0 bridgehead atoms. The molecular weight excluding hydrogens is 300 g/mol. The van der Waals surface area contributed by atoms with E-state index in [0.29, 0.717) is 13.1 Å². The molecule has 1 aromatic carbocycles. The summed E-state index contributed by atoms with van der Waals surface area (Å²) in [6.07, 6.45) is 2.64. The van der Waals surface area contributed by atoms with Crippen LogP contribution in [0.25, 0.3) is 10.9 Å². The summed E-state index contributed by atoms with van der Waals surface area (Å²) in [6, 6.07) is 9.84. The molecule has 0 saturated carbocycles. The summed E-state index contributed by atoms with van der Waals surface area (Å²) in [5.74, 6) is 0.352. The number of hydrogen-bond donors (Lipinski definition) is 1. The maximum Gasteiger partial charge on any atom is 0.254 e. The van der Waals surface area contributed by atoms with Crippen molar-refractivity contribution in [3.05, 3.63) is 59.0 Å². The van der Waals surface area contributed by atoms with Gasteiger partial charge in [0.15, 0.2) is 0 Å². The van der Waals surface area contributed by atoms with Crippen LogP contribution in [-0.2, 0) is 13.0 Å². The van der Waals surface area contributed by atoms with Gasteiger partial charge in [0.05, 0.1) is 17.3 Å². The first kappa shape index (κ1) is 14.9. The van der Waals surface area contributed by atoms with E-state index in [0.717, 1.165) is 39.8 Å². The van der Waals surface area contributed by atoms with Crippen molar-refractivity contribution in [2.24, 2.45) is 0 Å². The summed E-state index contributed by atoms with van der Waals surface area (Å²) in [5.41, 5.74) is 4.83. The number of H-pyrrole nitrogens is 1. The second kappa shape index (κ2) is 5.74. The van der Waals surface area contributed by atoms with Gasteiger partial charge in [-0.25, -0.2) is 0 Å². The molecule has 0 spiro atoms. The van der Waals surface area contributed by atoms with Gasteiger partial charge < -0.3 is 4.90 Å². The molecule has 4 rings (SSSR count). The third-order valence-electron chi connectivity index (χ3n) is 4.65. The lowest BCUT2D eigenvalue weighted by Gasteiger charge is -2.27. The van der Waals surface area contributed by atoms with Crippen molar-refractivity contribution in [2.75, 3.05) is 6.54 Å². The van der Waals surface area contributed by atoms with Gasteiger partial charge in [-0.3, -0.25) is 14.9 Å². The number of carbonyl (C=O) groups is 1. The first-order valence-electron chi connectivity index (χ1n) is 8.33. The maximum atomic E-state index is 13.2. The summed E-state index contributed by atoms with van der Waals surface area (Å²) >= 11 is 0. The molecular formula is C19H20N4O. The van der Waals surface area contributed by atoms with Crippen LogP contribution >= 0.6 is 0 Å². The van der Waals surface area contributed by atoms with Crippen LogP contribution in [0.2, 0.25) is 0 Å². The average molecular weight is 320 g/mol. The average Bonchev–Trinajstić information content (AvgIpc) is 3.07. The number of pyridine rings is 1. The van der Waals surface area contributed by atoms with E-state index >= 15 is 0 Å². The van der Waals surface area contributed by atoms with E-state index in [2.05, 4.69) is 24.0 Å². The lowest BCUT2D eigenvalue weighted by molar-refractivity contribution is 0.0736. The lowest BCUT2D eigenvalue weighted by atomic mass is 10.0. The van der Waals surface area contributed by atoms with Crippen molar-refractivity contribution >= 4 is 16.8 Å². The van der Waals surface area contributed by atoms with Gasteiger partial charge in [-0.05, 0) is 18.1 Å². The number of carbonyl (C=O) groups excluding carboxylic acids is 1. The molecule has 122 valence electrons. The molecule has 24 heavy (non-hydrogen) atoms. The smallest absolute Gasteiger partial charge is 0.254 e. The number of aromatic nitrogens is 3. The van der Waals surface area contributed by atoms with Crippen LogP contribution in [0.4, 0.5) is 0 Å². The van der Waals surface area contributed by atoms with E-state index in [1.165, 1.54) is 0 Å².